The fourth-order valence-corrected chi connectivity index (χ4v) is 6.91. The van der Waals surface area contributed by atoms with Crippen molar-refractivity contribution in [3.63, 3.8) is 0 Å². The maximum atomic E-state index is 13.6. The van der Waals surface area contributed by atoms with Crippen molar-refractivity contribution >= 4 is 46.9 Å². The molecule has 6 rings (SSSR count). The van der Waals surface area contributed by atoms with Crippen LogP contribution in [0.2, 0.25) is 10.0 Å². The van der Waals surface area contributed by atoms with Crippen LogP contribution in [0.1, 0.15) is 46.5 Å². The average molecular weight is 616 g/mol. The molecule has 0 aromatic heterocycles. The molecule has 1 saturated heterocycles. The minimum atomic E-state index is -1.28. The van der Waals surface area contributed by atoms with Gasteiger partial charge in [0, 0.05) is 34.3 Å². The van der Waals surface area contributed by atoms with Gasteiger partial charge in [0.05, 0.1) is 24.3 Å². The van der Waals surface area contributed by atoms with Crippen LogP contribution in [0.15, 0.2) is 46.4 Å². The van der Waals surface area contributed by atoms with Crippen molar-refractivity contribution in [2.45, 2.75) is 55.6 Å². The first kappa shape index (κ1) is 28.4. The van der Waals surface area contributed by atoms with E-state index in [9.17, 15) is 14.7 Å². The Kier molecular flexibility index (Phi) is 6.90. The third-order valence-corrected chi connectivity index (χ3v) is 8.97. The Labute approximate surface area is 252 Å². The molecule has 2 amide bonds. The Balaban J connectivity index is 1.23. The van der Waals surface area contributed by atoms with E-state index in [1.807, 2.05) is 12.1 Å². The number of halogens is 2. The van der Waals surface area contributed by atoms with Crippen LogP contribution in [-0.4, -0.2) is 83.3 Å². The second-order valence-electron chi connectivity index (χ2n) is 11.6. The number of benzene rings is 2. The van der Waals surface area contributed by atoms with E-state index in [0.29, 0.717) is 28.0 Å². The molecule has 0 saturated carbocycles. The van der Waals surface area contributed by atoms with Crippen molar-refractivity contribution in [3.8, 4) is 5.75 Å². The summed E-state index contributed by atoms with van der Waals surface area (Å²) in [4.78, 5) is 37.2. The lowest BCUT2D eigenvalue weighted by molar-refractivity contribution is 0.0143. The lowest BCUT2D eigenvalue weighted by atomic mass is 9.79. The van der Waals surface area contributed by atoms with Gasteiger partial charge in [-0.05, 0) is 36.1 Å². The quantitative estimate of drug-likeness (QED) is 0.288. The summed E-state index contributed by atoms with van der Waals surface area (Å²) in [7, 11) is 0. The van der Waals surface area contributed by atoms with Gasteiger partial charge in [-0.25, -0.2) is 9.98 Å². The molecule has 1 fully saturated rings. The molecule has 4 aliphatic heterocycles. The van der Waals surface area contributed by atoms with Gasteiger partial charge in [0.1, 0.15) is 17.9 Å². The van der Waals surface area contributed by atoms with Crippen LogP contribution in [-0.2, 0) is 5.41 Å². The fraction of sp³-hybridized carbons (Fsp3) is 0.429. The van der Waals surface area contributed by atoms with Crippen molar-refractivity contribution in [3.05, 3.63) is 63.1 Å². The minimum Gasteiger partial charge on any atom is -0.492 e. The molecule has 8 N–H and O–H groups in total. The summed E-state index contributed by atoms with van der Waals surface area (Å²) < 4.78 is 5.93. The number of hydrogen-bond donors (Lipinski definition) is 6. The number of ether oxygens (including phenoxy) is 1. The molecule has 2 aromatic rings. The molecule has 0 aliphatic carbocycles. The second-order valence-corrected chi connectivity index (χ2v) is 12.5. The van der Waals surface area contributed by atoms with Crippen molar-refractivity contribution in [2.75, 3.05) is 19.7 Å². The van der Waals surface area contributed by atoms with E-state index in [4.69, 9.17) is 39.4 Å². The van der Waals surface area contributed by atoms with Gasteiger partial charge >= 0.3 is 0 Å². The molecule has 1 spiro atoms. The molecule has 222 valence electrons. The summed E-state index contributed by atoms with van der Waals surface area (Å²) in [5.41, 5.74) is 12.7. The van der Waals surface area contributed by atoms with E-state index in [2.05, 4.69) is 39.8 Å². The first-order chi connectivity index (χ1) is 19.9. The smallest absolute Gasteiger partial charge is 0.255 e. The molecule has 4 aliphatic rings. The Morgan fingerprint density at radius 1 is 1.17 bits per heavy atom. The molecule has 0 bridgehead atoms. The number of amides is 2. The largest absolute Gasteiger partial charge is 0.492 e. The summed E-state index contributed by atoms with van der Waals surface area (Å²) in [6.45, 7) is 4.93. The van der Waals surface area contributed by atoms with Crippen molar-refractivity contribution in [1.29, 1.82) is 0 Å². The highest BCUT2D eigenvalue weighted by molar-refractivity contribution is 6.35. The van der Waals surface area contributed by atoms with Crippen molar-refractivity contribution < 1.29 is 19.4 Å². The van der Waals surface area contributed by atoms with Crippen LogP contribution in [0, 0.1) is 0 Å². The predicted molar refractivity (Wildman–Crippen MR) is 159 cm³/mol. The molecule has 5 atom stereocenters. The zero-order chi connectivity index (χ0) is 30.0. The van der Waals surface area contributed by atoms with Crippen molar-refractivity contribution in [2.24, 2.45) is 21.5 Å². The van der Waals surface area contributed by atoms with E-state index in [1.165, 1.54) is 18.2 Å². The Bertz CT molecular complexity index is 1510. The van der Waals surface area contributed by atoms with E-state index in [-0.39, 0.29) is 41.9 Å². The number of rotatable bonds is 5. The van der Waals surface area contributed by atoms with Gasteiger partial charge in [-0.1, -0.05) is 49.2 Å². The third kappa shape index (κ3) is 4.58. The lowest BCUT2D eigenvalue weighted by Crippen LogP contribution is -2.73. The number of carbonyl (C=O) groups excluding carboxylic acids is 2. The van der Waals surface area contributed by atoms with E-state index < -0.39 is 35.8 Å². The number of aliphatic imine (C=N–C) groups is 2. The molecule has 12 nitrogen and oxygen atoms in total. The van der Waals surface area contributed by atoms with Gasteiger partial charge in [-0.15, -0.1) is 0 Å². The van der Waals surface area contributed by atoms with Gasteiger partial charge < -0.3 is 42.2 Å². The molecule has 3 unspecified atom stereocenters. The number of fused-ring (bicyclic) bond motifs is 1. The monoisotopic (exact) mass is 614 g/mol. The summed E-state index contributed by atoms with van der Waals surface area (Å²) in [6, 6.07) is 7.90. The molecule has 14 heteroatoms. The third-order valence-electron chi connectivity index (χ3n) is 8.53. The van der Waals surface area contributed by atoms with E-state index in [0.717, 1.165) is 12.0 Å². The normalized spacial score (nSPS) is 28.7. The van der Waals surface area contributed by atoms with Gasteiger partial charge in [-0.3, -0.25) is 9.59 Å². The van der Waals surface area contributed by atoms with Crippen molar-refractivity contribution in [1.82, 2.24) is 20.9 Å². The summed E-state index contributed by atoms with van der Waals surface area (Å²) in [6.07, 6.45) is -0.349. The van der Waals surface area contributed by atoms with Crippen LogP contribution < -0.4 is 32.2 Å². The molecule has 2 aromatic carbocycles. The Morgan fingerprint density at radius 3 is 2.64 bits per heavy atom. The number of carbonyl (C=O) groups is 2. The molecular formula is C28H32Cl2N8O4. The van der Waals surface area contributed by atoms with Crippen LogP contribution >= 0.6 is 23.2 Å². The molecular weight excluding hydrogens is 583 g/mol. The van der Waals surface area contributed by atoms with E-state index >= 15 is 0 Å². The topological polar surface area (TPSA) is 180 Å². The highest BCUT2D eigenvalue weighted by atomic mass is 35.5. The average Bonchev–Trinajstić information content (AvgIpc) is 3.42. The first-order valence-electron chi connectivity index (χ1n) is 13.6. The summed E-state index contributed by atoms with van der Waals surface area (Å²) in [5, 5.41) is 21.3. The predicted octanol–water partition coefficient (Wildman–Crippen LogP) is 0.938. The number of nitrogens with zero attached hydrogens (tertiary/aromatic N) is 3. The zero-order valence-electron chi connectivity index (χ0n) is 23.0. The lowest BCUT2D eigenvalue weighted by Gasteiger charge is -2.46. The number of para-hydroxylation sites is 1. The first-order valence-corrected chi connectivity index (χ1v) is 14.4. The maximum absolute atomic E-state index is 13.6. The zero-order valence-corrected chi connectivity index (χ0v) is 24.5. The number of aliphatic hydroxyl groups excluding tert-OH is 1. The number of hydrogen-bond acceptors (Lipinski definition) is 10. The fourth-order valence-electron chi connectivity index (χ4n) is 6.38. The van der Waals surface area contributed by atoms with Gasteiger partial charge in [-0.2, -0.15) is 0 Å². The highest BCUT2D eigenvalue weighted by Crippen LogP contribution is 2.42. The summed E-state index contributed by atoms with van der Waals surface area (Å²) in [5.74, 6) is -0.0377. The standard InChI is InChI=1S/C28H32Cl2N8O4/c1-27(2)6-7-42-20-16(4-3-5-17(20)27)24(41)34-19-12-38-26(32)35-18(21-28(38,22(19)39)37-25(31)36-21)11-33-23(40)13-8-14(29)10-15(30)9-13/h3-5,8-10,18-19,21-22,39H,6-7,11-12H2,1-2H3,(H2,32,35)(H,33,40)(H,34,41)(H3,31,36,37)/t18-,19?,21?,22+,28?/m0/s1. The molecule has 0 radical (unpaired) electrons. The Morgan fingerprint density at radius 2 is 1.90 bits per heavy atom. The van der Waals surface area contributed by atoms with Crippen LogP contribution in [0.3, 0.4) is 0 Å². The minimum absolute atomic E-state index is 0.0371. The SMILES string of the molecule is CC1(C)CCOc2c(C(=O)NC3CN4C(N)=N[C@@H](CNC(=O)c5cc(Cl)cc(Cl)c5)C5N=C(N)NC54[C@@H]3O)cccc21. The molecule has 42 heavy (non-hydrogen) atoms. The summed E-state index contributed by atoms with van der Waals surface area (Å²) >= 11 is 12.1. The van der Waals surface area contributed by atoms with Gasteiger partial charge in [0.2, 0.25) is 0 Å². The second kappa shape index (κ2) is 10.2. The number of nitrogens with one attached hydrogen (secondary N) is 3. The maximum Gasteiger partial charge on any atom is 0.255 e. The van der Waals surface area contributed by atoms with Crippen LogP contribution in [0.25, 0.3) is 0 Å². The molecule has 4 heterocycles. The number of guanidine groups is 2. The van der Waals surface area contributed by atoms with Crippen LogP contribution in [0.4, 0.5) is 0 Å². The Hall–Kier alpha value is -3.74. The van der Waals surface area contributed by atoms with E-state index in [1.54, 1.807) is 11.0 Å². The highest BCUT2D eigenvalue weighted by Gasteiger charge is 2.65. The van der Waals surface area contributed by atoms with Gasteiger partial charge in [0.25, 0.3) is 11.8 Å². The number of aliphatic hydroxyl groups is 1. The van der Waals surface area contributed by atoms with Gasteiger partial charge in [0.15, 0.2) is 17.6 Å². The van der Waals surface area contributed by atoms with Crippen LogP contribution in [0.5, 0.6) is 5.75 Å². The number of nitrogens with two attached hydrogens (primary N) is 2.